The molecule has 0 fully saturated rings. The lowest BCUT2D eigenvalue weighted by molar-refractivity contribution is 0.238. The van der Waals surface area contributed by atoms with Crippen molar-refractivity contribution in [3.63, 3.8) is 0 Å². The lowest BCUT2D eigenvalue weighted by atomic mass is 10.0. The fourth-order valence-electron chi connectivity index (χ4n) is 3.35. The van der Waals surface area contributed by atoms with Crippen LogP contribution in [-0.4, -0.2) is 24.3 Å². The zero-order chi connectivity index (χ0) is 16.9. The Bertz CT molecular complexity index is 700. The van der Waals surface area contributed by atoms with E-state index in [0.717, 1.165) is 24.1 Å². The second kappa shape index (κ2) is 7.49. The van der Waals surface area contributed by atoms with Crippen LogP contribution in [0.2, 0.25) is 0 Å². The van der Waals surface area contributed by atoms with E-state index in [9.17, 15) is 4.79 Å². The fourth-order valence-corrected chi connectivity index (χ4v) is 3.35. The molecule has 1 aliphatic heterocycles. The first-order chi connectivity index (χ1) is 11.7. The predicted octanol–water partition coefficient (Wildman–Crippen LogP) is 3.58. The lowest BCUT2D eigenvalue weighted by Gasteiger charge is -2.24. The van der Waals surface area contributed by atoms with Crippen molar-refractivity contribution in [2.24, 2.45) is 0 Å². The van der Waals surface area contributed by atoms with Gasteiger partial charge in [-0.05, 0) is 48.9 Å². The molecule has 0 aromatic heterocycles. The molecule has 4 nitrogen and oxygen atoms in total. The Morgan fingerprint density at radius 3 is 2.75 bits per heavy atom. The third-order valence-electron chi connectivity index (χ3n) is 4.66. The number of hydrogen-bond acceptors (Lipinski definition) is 2. The largest absolute Gasteiger partial charge is 0.396 e. The van der Waals surface area contributed by atoms with Gasteiger partial charge in [0.15, 0.2) is 0 Å². The van der Waals surface area contributed by atoms with E-state index < -0.39 is 0 Å². The summed E-state index contributed by atoms with van der Waals surface area (Å²) in [5, 5.41) is 12.3. The normalized spacial score (nSPS) is 14.3. The molecule has 0 aliphatic carbocycles. The number of fused-ring (bicyclic) bond motifs is 1. The molecule has 1 heterocycles. The average Bonchev–Trinajstić information content (AvgIpc) is 3.05. The number of amides is 2. The van der Waals surface area contributed by atoms with Gasteiger partial charge in [0.2, 0.25) is 0 Å². The molecule has 2 N–H and O–H groups in total. The number of anilines is 1. The highest BCUT2D eigenvalue weighted by molar-refractivity contribution is 5.94. The molecule has 2 amide bonds. The topological polar surface area (TPSA) is 52.6 Å². The van der Waals surface area contributed by atoms with Gasteiger partial charge in [0.25, 0.3) is 0 Å². The van der Waals surface area contributed by atoms with Crippen molar-refractivity contribution in [2.45, 2.75) is 32.2 Å². The highest BCUT2D eigenvalue weighted by Crippen LogP contribution is 2.31. The first-order valence-corrected chi connectivity index (χ1v) is 8.53. The maximum absolute atomic E-state index is 12.8. The van der Waals surface area contributed by atoms with Crippen molar-refractivity contribution in [3.05, 3.63) is 65.2 Å². The van der Waals surface area contributed by atoms with Crippen molar-refractivity contribution >= 4 is 11.7 Å². The smallest absolute Gasteiger partial charge is 0.322 e. The molecule has 0 saturated heterocycles. The van der Waals surface area contributed by atoms with Gasteiger partial charge in [-0.25, -0.2) is 4.79 Å². The highest BCUT2D eigenvalue weighted by Gasteiger charge is 2.27. The molecule has 0 radical (unpaired) electrons. The summed E-state index contributed by atoms with van der Waals surface area (Å²) in [6, 6.07) is 15.9. The van der Waals surface area contributed by atoms with E-state index in [1.54, 1.807) is 0 Å². The Kier molecular flexibility index (Phi) is 5.16. The van der Waals surface area contributed by atoms with E-state index >= 15 is 0 Å². The molecule has 2 aromatic carbocycles. The van der Waals surface area contributed by atoms with Gasteiger partial charge in [-0.2, -0.15) is 0 Å². The summed E-state index contributed by atoms with van der Waals surface area (Å²) in [6.07, 6.45) is 2.29. The van der Waals surface area contributed by atoms with Crippen LogP contribution in [0.4, 0.5) is 10.5 Å². The van der Waals surface area contributed by atoms with Crippen LogP contribution in [0, 0.1) is 6.92 Å². The van der Waals surface area contributed by atoms with Gasteiger partial charge < -0.3 is 10.4 Å². The molecule has 1 atom stereocenters. The van der Waals surface area contributed by atoms with Crippen molar-refractivity contribution in [3.8, 4) is 0 Å². The standard InChI is InChI=1S/C20H24N2O2/c1-15-7-5-11-19-17(15)12-13-22(19)20(24)21-18(10-6-14-23)16-8-3-2-4-9-16/h2-5,7-9,11,18,23H,6,10,12-14H2,1H3,(H,21,24). The Morgan fingerprint density at radius 1 is 1.21 bits per heavy atom. The molecule has 1 aliphatic rings. The number of rotatable bonds is 5. The number of hydrogen-bond donors (Lipinski definition) is 2. The van der Waals surface area contributed by atoms with Gasteiger partial charge in [-0.15, -0.1) is 0 Å². The number of urea groups is 1. The molecule has 126 valence electrons. The van der Waals surface area contributed by atoms with E-state index in [2.05, 4.69) is 18.3 Å². The van der Waals surface area contributed by atoms with Crippen LogP contribution < -0.4 is 10.2 Å². The number of benzene rings is 2. The lowest BCUT2D eigenvalue weighted by Crippen LogP contribution is -2.41. The molecule has 24 heavy (non-hydrogen) atoms. The Labute approximate surface area is 143 Å². The third kappa shape index (κ3) is 3.44. The molecular formula is C20H24N2O2. The number of aliphatic hydroxyl groups is 1. The van der Waals surface area contributed by atoms with Crippen molar-refractivity contribution in [1.82, 2.24) is 5.32 Å². The van der Waals surface area contributed by atoms with E-state index in [4.69, 9.17) is 5.11 Å². The van der Waals surface area contributed by atoms with Crippen LogP contribution in [0.5, 0.6) is 0 Å². The molecular weight excluding hydrogens is 300 g/mol. The quantitative estimate of drug-likeness (QED) is 0.883. The van der Waals surface area contributed by atoms with Gasteiger partial charge in [0.05, 0.1) is 6.04 Å². The summed E-state index contributed by atoms with van der Waals surface area (Å²) in [7, 11) is 0. The summed E-state index contributed by atoms with van der Waals surface area (Å²) in [4.78, 5) is 14.6. The summed E-state index contributed by atoms with van der Waals surface area (Å²) in [5.41, 5.74) is 4.59. The number of aliphatic hydroxyl groups excluding tert-OH is 1. The number of nitrogens with zero attached hydrogens (tertiary/aromatic N) is 1. The van der Waals surface area contributed by atoms with Gasteiger partial charge in [0.1, 0.15) is 0 Å². The Hall–Kier alpha value is -2.33. The molecule has 0 saturated carbocycles. The Morgan fingerprint density at radius 2 is 2.00 bits per heavy atom. The van der Waals surface area contributed by atoms with Crippen molar-refractivity contribution < 1.29 is 9.90 Å². The maximum atomic E-state index is 12.8. The number of nitrogens with one attached hydrogen (secondary N) is 1. The molecule has 0 bridgehead atoms. The van der Waals surface area contributed by atoms with Gasteiger partial charge in [0, 0.05) is 18.8 Å². The molecule has 4 heteroatoms. The first kappa shape index (κ1) is 16.5. The number of carbonyl (C=O) groups excluding carboxylic acids is 1. The van der Waals surface area contributed by atoms with Crippen LogP contribution in [0.15, 0.2) is 48.5 Å². The van der Waals surface area contributed by atoms with Gasteiger partial charge in [-0.1, -0.05) is 42.5 Å². The fraction of sp³-hybridized carbons (Fsp3) is 0.350. The van der Waals surface area contributed by atoms with E-state index in [0.29, 0.717) is 13.0 Å². The number of carbonyl (C=O) groups is 1. The second-order valence-corrected chi connectivity index (χ2v) is 6.25. The minimum Gasteiger partial charge on any atom is -0.396 e. The molecule has 3 rings (SSSR count). The van der Waals surface area contributed by atoms with Gasteiger partial charge in [-0.3, -0.25) is 4.90 Å². The highest BCUT2D eigenvalue weighted by atomic mass is 16.3. The van der Waals surface area contributed by atoms with Gasteiger partial charge >= 0.3 is 6.03 Å². The zero-order valence-electron chi connectivity index (χ0n) is 14.0. The van der Waals surface area contributed by atoms with Crippen LogP contribution in [0.1, 0.15) is 35.6 Å². The second-order valence-electron chi connectivity index (χ2n) is 6.25. The average molecular weight is 324 g/mol. The molecule has 0 spiro atoms. The number of aryl methyl sites for hydroxylation is 1. The molecule has 2 aromatic rings. The van der Waals surface area contributed by atoms with Crippen LogP contribution in [0.3, 0.4) is 0 Å². The van der Waals surface area contributed by atoms with E-state index in [1.165, 1.54) is 11.1 Å². The minimum atomic E-state index is -0.0836. The molecule has 1 unspecified atom stereocenters. The van der Waals surface area contributed by atoms with Crippen LogP contribution in [-0.2, 0) is 6.42 Å². The van der Waals surface area contributed by atoms with E-state index in [1.807, 2.05) is 47.4 Å². The Balaban J connectivity index is 1.76. The van der Waals surface area contributed by atoms with Crippen LogP contribution in [0.25, 0.3) is 0 Å². The van der Waals surface area contributed by atoms with Crippen LogP contribution >= 0.6 is 0 Å². The van der Waals surface area contributed by atoms with E-state index in [-0.39, 0.29) is 18.7 Å². The third-order valence-corrected chi connectivity index (χ3v) is 4.66. The predicted molar refractivity (Wildman–Crippen MR) is 96.3 cm³/mol. The maximum Gasteiger partial charge on any atom is 0.322 e. The zero-order valence-corrected chi connectivity index (χ0v) is 14.0. The monoisotopic (exact) mass is 324 g/mol. The first-order valence-electron chi connectivity index (χ1n) is 8.53. The minimum absolute atomic E-state index is 0.0638. The summed E-state index contributed by atoms with van der Waals surface area (Å²) in [6.45, 7) is 2.94. The SMILES string of the molecule is Cc1cccc2c1CCN2C(=O)NC(CCCO)c1ccccc1. The van der Waals surface area contributed by atoms with Crippen molar-refractivity contribution in [1.29, 1.82) is 0 Å². The summed E-state index contributed by atoms with van der Waals surface area (Å²) < 4.78 is 0. The summed E-state index contributed by atoms with van der Waals surface area (Å²) >= 11 is 0. The van der Waals surface area contributed by atoms with Crippen molar-refractivity contribution in [2.75, 3.05) is 18.1 Å². The summed E-state index contributed by atoms with van der Waals surface area (Å²) in [5.74, 6) is 0.